The van der Waals surface area contributed by atoms with Crippen LogP contribution < -0.4 is 9.47 Å². The molecule has 0 saturated heterocycles. The van der Waals surface area contributed by atoms with Gasteiger partial charge in [0, 0.05) is 6.07 Å². The van der Waals surface area contributed by atoms with Gasteiger partial charge in [-0.15, -0.1) is 0 Å². The van der Waals surface area contributed by atoms with Crippen LogP contribution in [-0.2, 0) is 11.2 Å². The van der Waals surface area contributed by atoms with E-state index >= 15 is 0 Å². The third-order valence-electron chi connectivity index (χ3n) is 2.24. The van der Waals surface area contributed by atoms with Crippen LogP contribution in [0.3, 0.4) is 0 Å². The van der Waals surface area contributed by atoms with Crippen molar-refractivity contribution in [2.24, 2.45) is 0 Å². The third kappa shape index (κ3) is 3.85. The first-order chi connectivity index (χ1) is 7.80. The van der Waals surface area contributed by atoms with Gasteiger partial charge in [-0.3, -0.25) is 0 Å². The van der Waals surface area contributed by atoms with Crippen molar-refractivity contribution in [2.75, 3.05) is 21.3 Å². The third-order valence-corrected chi connectivity index (χ3v) is 2.24. The smallest absolute Gasteiger partial charge is 0.122 e. The summed E-state index contributed by atoms with van der Waals surface area (Å²) in [5, 5.41) is 0. The number of benzene rings is 1. The lowest BCUT2D eigenvalue weighted by Gasteiger charge is -2.07. The summed E-state index contributed by atoms with van der Waals surface area (Å²) >= 11 is 0. The first kappa shape index (κ1) is 12.4. The van der Waals surface area contributed by atoms with Crippen LogP contribution in [0.5, 0.6) is 11.5 Å². The lowest BCUT2D eigenvalue weighted by molar-refractivity contribution is 0.336. The van der Waals surface area contributed by atoms with Crippen molar-refractivity contribution in [2.45, 2.75) is 12.8 Å². The molecule has 0 aliphatic rings. The van der Waals surface area contributed by atoms with Gasteiger partial charge in [0.05, 0.1) is 27.6 Å². The van der Waals surface area contributed by atoms with E-state index in [0.29, 0.717) is 0 Å². The fraction of sp³-hybridized carbons (Fsp3) is 0.385. The van der Waals surface area contributed by atoms with E-state index in [0.717, 1.165) is 24.3 Å². The molecule has 1 aromatic rings. The topological polar surface area (TPSA) is 27.7 Å². The summed E-state index contributed by atoms with van der Waals surface area (Å²) in [6, 6.07) is 5.90. The molecule has 0 aliphatic carbocycles. The molecule has 0 aromatic heterocycles. The Kier molecular flexibility index (Phi) is 5.26. The predicted octanol–water partition coefficient (Wildman–Crippen LogP) is 2.80. The van der Waals surface area contributed by atoms with Gasteiger partial charge in [0.15, 0.2) is 0 Å². The average Bonchev–Trinajstić information content (AvgIpc) is 2.34. The lowest BCUT2D eigenvalue weighted by Crippen LogP contribution is -1.91. The first-order valence-corrected chi connectivity index (χ1v) is 5.20. The van der Waals surface area contributed by atoms with Gasteiger partial charge in [-0.25, -0.2) is 0 Å². The molecule has 0 aliphatic heterocycles. The Labute approximate surface area is 96.6 Å². The highest BCUT2D eigenvalue weighted by atomic mass is 16.5. The van der Waals surface area contributed by atoms with E-state index in [2.05, 4.69) is 0 Å². The highest BCUT2D eigenvalue weighted by Gasteiger charge is 2.00. The Morgan fingerprint density at radius 3 is 2.12 bits per heavy atom. The van der Waals surface area contributed by atoms with Crippen molar-refractivity contribution in [3.63, 3.8) is 0 Å². The standard InChI is InChI=1S/C13H18O3/c1-14-7-5-4-6-11-8-12(15-2)10-13(9-11)16-3/h5,7-10H,4,6H2,1-3H3/b7-5-. The Bertz CT molecular complexity index is 323. The maximum Gasteiger partial charge on any atom is 0.122 e. The van der Waals surface area contributed by atoms with Crippen LogP contribution in [0.2, 0.25) is 0 Å². The molecule has 0 heterocycles. The van der Waals surface area contributed by atoms with Crippen LogP contribution in [0.4, 0.5) is 0 Å². The Morgan fingerprint density at radius 1 is 1.00 bits per heavy atom. The van der Waals surface area contributed by atoms with Crippen molar-refractivity contribution in [3.8, 4) is 11.5 Å². The van der Waals surface area contributed by atoms with Crippen molar-refractivity contribution < 1.29 is 14.2 Å². The number of hydrogen-bond acceptors (Lipinski definition) is 3. The molecule has 3 heteroatoms. The predicted molar refractivity (Wildman–Crippen MR) is 64.0 cm³/mol. The number of allylic oxidation sites excluding steroid dienone is 1. The highest BCUT2D eigenvalue weighted by Crippen LogP contribution is 2.23. The molecule has 88 valence electrons. The van der Waals surface area contributed by atoms with Crippen molar-refractivity contribution in [3.05, 3.63) is 36.1 Å². The number of rotatable bonds is 6. The Balaban J connectivity index is 2.67. The SMILES string of the molecule is CO/C=C\CCc1cc(OC)cc(OC)c1. The molecule has 0 bridgehead atoms. The Hall–Kier alpha value is -1.64. The van der Waals surface area contributed by atoms with E-state index in [1.807, 2.05) is 24.3 Å². The zero-order valence-corrected chi connectivity index (χ0v) is 10.0. The van der Waals surface area contributed by atoms with E-state index in [-0.39, 0.29) is 0 Å². The lowest BCUT2D eigenvalue weighted by atomic mass is 10.1. The van der Waals surface area contributed by atoms with Crippen LogP contribution >= 0.6 is 0 Å². The number of hydrogen-bond donors (Lipinski definition) is 0. The molecule has 1 rings (SSSR count). The van der Waals surface area contributed by atoms with Crippen LogP contribution in [0.15, 0.2) is 30.5 Å². The van der Waals surface area contributed by atoms with Crippen molar-refractivity contribution in [1.82, 2.24) is 0 Å². The zero-order chi connectivity index (χ0) is 11.8. The monoisotopic (exact) mass is 222 g/mol. The summed E-state index contributed by atoms with van der Waals surface area (Å²) in [5.74, 6) is 1.65. The molecule has 0 N–H and O–H groups in total. The second-order valence-corrected chi connectivity index (χ2v) is 3.37. The molecule has 0 amide bonds. The minimum absolute atomic E-state index is 0.824. The molecule has 0 atom stereocenters. The molecule has 0 spiro atoms. The van der Waals surface area contributed by atoms with Gasteiger partial charge < -0.3 is 14.2 Å². The fourth-order valence-electron chi connectivity index (χ4n) is 1.42. The second-order valence-electron chi connectivity index (χ2n) is 3.37. The summed E-state index contributed by atoms with van der Waals surface area (Å²) in [4.78, 5) is 0. The van der Waals surface area contributed by atoms with E-state index in [4.69, 9.17) is 14.2 Å². The molecule has 0 radical (unpaired) electrons. The van der Waals surface area contributed by atoms with E-state index in [9.17, 15) is 0 Å². The van der Waals surface area contributed by atoms with Crippen LogP contribution in [0.25, 0.3) is 0 Å². The molecule has 16 heavy (non-hydrogen) atoms. The van der Waals surface area contributed by atoms with E-state index in [1.165, 1.54) is 5.56 Å². The molecule has 0 unspecified atom stereocenters. The minimum atomic E-state index is 0.824. The van der Waals surface area contributed by atoms with Gasteiger partial charge in [-0.05, 0) is 36.6 Å². The molecule has 3 nitrogen and oxygen atoms in total. The summed E-state index contributed by atoms with van der Waals surface area (Å²) in [6.45, 7) is 0. The van der Waals surface area contributed by atoms with Crippen LogP contribution in [-0.4, -0.2) is 21.3 Å². The summed E-state index contributed by atoms with van der Waals surface area (Å²) in [7, 11) is 4.96. The number of ether oxygens (including phenoxy) is 3. The summed E-state index contributed by atoms with van der Waals surface area (Å²) in [6.07, 6.45) is 5.56. The maximum absolute atomic E-state index is 5.20. The fourth-order valence-corrected chi connectivity index (χ4v) is 1.42. The van der Waals surface area contributed by atoms with Gasteiger partial charge in [-0.1, -0.05) is 0 Å². The van der Waals surface area contributed by atoms with Gasteiger partial charge >= 0.3 is 0 Å². The van der Waals surface area contributed by atoms with E-state index in [1.54, 1.807) is 27.6 Å². The highest BCUT2D eigenvalue weighted by molar-refractivity contribution is 5.38. The van der Waals surface area contributed by atoms with Gasteiger partial charge in [0.25, 0.3) is 0 Å². The second kappa shape index (κ2) is 6.77. The molecule has 0 saturated carbocycles. The quantitative estimate of drug-likeness (QED) is 0.693. The summed E-state index contributed by atoms with van der Waals surface area (Å²) in [5.41, 5.74) is 1.19. The molecule has 0 fully saturated rings. The zero-order valence-electron chi connectivity index (χ0n) is 10.0. The van der Waals surface area contributed by atoms with Gasteiger partial charge in [-0.2, -0.15) is 0 Å². The molecular weight excluding hydrogens is 204 g/mol. The minimum Gasteiger partial charge on any atom is -0.505 e. The average molecular weight is 222 g/mol. The normalized spacial score (nSPS) is 10.4. The first-order valence-electron chi connectivity index (χ1n) is 5.20. The van der Waals surface area contributed by atoms with Crippen LogP contribution in [0, 0.1) is 0 Å². The largest absolute Gasteiger partial charge is 0.505 e. The Morgan fingerprint density at radius 2 is 1.62 bits per heavy atom. The van der Waals surface area contributed by atoms with Gasteiger partial charge in [0.1, 0.15) is 11.5 Å². The van der Waals surface area contributed by atoms with Gasteiger partial charge in [0.2, 0.25) is 0 Å². The van der Waals surface area contributed by atoms with E-state index < -0.39 is 0 Å². The molecular formula is C13H18O3. The number of methoxy groups -OCH3 is 3. The van der Waals surface area contributed by atoms with Crippen LogP contribution in [0.1, 0.15) is 12.0 Å². The van der Waals surface area contributed by atoms with Crippen molar-refractivity contribution in [1.29, 1.82) is 0 Å². The molecule has 1 aromatic carbocycles. The van der Waals surface area contributed by atoms with Crippen molar-refractivity contribution >= 4 is 0 Å². The maximum atomic E-state index is 5.20. The summed E-state index contributed by atoms with van der Waals surface area (Å²) < 4.78 is 15.2. The number of aryl methyl sites for hydroxylation is 1.